The van der Waals surface area contributed by atoms with Crippen LogP contribution in [0.25, 0.3) is 0 Å². The highest BCUT2D eigenvalue weighted by Gasteiger charge is 2.37. The Morgan fingerprint density at radius 3 is 2.65 bits per heavy atom. The number of fused-ring (bicyclic) bond motifs is 1. The van der Waals surface area contributed by atoms with Crippen molar-refractivity contribution >= 4 is 11.7 Å². The summed E-state index contributed by atoms with van der Waals surface area (Å²) in [6.07, 6.45) is 9.63. The average molecular weight is 424 g/mol. The smallest absolute Gasteiger partial charge is 0.276 e. The molecule has 0 bridgehead atoms. The summed E-state index contributed by atoms with van der Waals surface area (Å²) in [5.41, 5.74) is 7.68. The van der Waals surface area contributed by atoms with E-state index in [9.17, 15) is 4.79 Å². The van der Waals surface area contributed by atoms with Crippen LogP contribution in [-0.4, -0.2) is 65.5 Å². The monoisotopic (exact) mass is 423 g/mol. The van der Waals surface area contributed by atoms with Gasteiger partial charge < -0.3 is 20.3 Å². The molecule has 1 fully saturated rings. The van der Waals surface area contributed by atoms with Crippen molar-refractivity contribution in [1.29, 1.82) is 0 Å². The molecule has 166 valence electrons. The largest absolute Gasteiger partial charge is 0.492 e. The molecular formula is C24H33N5O2. The van der Waals surface area contributed by atoms with Crippen LogP contribution < -0.4 is 10.5 Å². The van der Waals surface area contributed by atoms with Crippen LogP contribution in [0.1, 0.15) is 48.2 Å². The zero-order valence-corrected chi connectivity index (χ0v) is 18.4. The Bertz CT molecular complexity index is 895. The first-order valence-electron chi connectivity index (χ1n) is 11.3. The minimum atomic E-state index is -0.105. The maximum absolute atomic E-state index is 12.9. The zero-order chi connectivity index (χ0) is 21.7. The van der Waals surface area contributed by atoms with Crippen molar-refractivity contribution in [3.63, 3.8) is 0 Å². The van der Waals surface area contributed by atoms with Gasteiger partial charge in [0.25, 0.3) is 5.91 Å². The highest BCUT2D eigenvalue weighted by atomic mass is 16.5. The summed E-state index contributed by atoms with van der Waals surface area (Å²) >= 11 is 0. The Labute approximate surface area is 184 Å². The Morgan fingerprint density at radius 1 is 1.06 bits per heavy atom. The molecule has 4 rings (SSSR count). The molecule has 7 heteroatoms. The third kappa shape index (κ3) is 5.15. The van der Waals surface area contributed by atoms with Crippen LogP contribution >= 0.6 is 0 Å². The van der Waals surface area contributed by atoms with Crippen LogP contribution in [0.5, 0.6) is 5.75 Å². The fraction of sp³-hybridized carbons (Fsp3) is 0.542. The van der Waals surface area contributed by atoms with Gasteiger partial charge in [0.2, 0.25) is 0 Å². The second-order valence-corrected chi connectivity index (χ2v) is 8.98. The van der Waals surface area contributed by atoms with Gasteiger partial charge in [-0.3, -0.25) is 4.79 Å². The van der Waals surface area contributed by atoms with Gasteiger partial charge in [0.1, 0.15) is 12.4 Å². The van der Waals surface area contributed by atoms with E-state index in [0.717, 1.165) is 57.6 Å². The normalized spacial score (nSPS) is 20.2. The Balaban J connectivity index is 1.41. The summed E-state index contributed by atoms with van der Waals surface area (Å²) in [6, 6.07) is 8.41. The van der Waals surface area contributed by atoms with Crippen molar-refractivity contribution in [2.75, 3.05) is 45.6 Å². The number of rotatable bonds is 1. The molecular weight excluding hydrogens is 390 g/mol. The summed E-state index contributed by atoms with van der Waals surface area (Å²) in [7, 11) is 2.18. The van der Waals surface area contributed by atoms with Gasteiger partial charge in [-0.15, -0.1) is 0 Å². The number of anilines is 1. The fourth-order valence-electron chi connectivity index (χ4n) is 4.96. The second kappa shape index (κ2) is 9.64. The van der Waals surface area contributed by atoms with Crippen LogP contribution in [0.3, 0.4) is 0 Å². The SMILES string of the molecule is CN1CCOc2ccccc2CCCCC2(CCN(C(=O)c3nccnc3N)CC2)C1. The lowest BCUT2D eigenvalue weighted by atomic mass is 9.73. The van der Waals surface area contributed by atoms with Crippen molar-refractivity contribution in [2.45, 2.75) is 38.5 Å². The lowest BCUT2D eigenvalue weighted by Gasteiger charge is -2.44. The number of likely N-dealkylation sites (tertiary alicyclic amines) is 1. The molecule has 1 saturated heterocycles. The van der Waals surface area contributed by atoms with E-state index >= 15 is 0 Å². The molecule has 0 atom stereocenters. The topological polar surface area (TPSA) is 84.6 Å². The van der Waals surface area contributed by atoms with Crippen molar-refractivity contribution in [3.05, 3.63) is 47.9 Å². The van der Waals surface area contributed by atoms with E-state index in [1.54, 1.807) is 0 Å². The molecule has 2 aliphatic heterocycles. The lowest BCUT2D eigenvalue weighted by Crippen LogP contribution is -2.48. The number of para-hydroxylation sites is 1. The van der Waals surface area contributed by atoms with Gasteiger partial charge in [0, 0.05) is 38.6 Å². The first kappa shape index (κ1) is 21.6. The number of carbonyl (C=O) groups is 1. The number of nitrogen functional groups attached to an aromatic ring is 1. The lowest BCUT2D eigenvalue weighted by molar-refractivity contribution is 0.0421. The van der Waals surface area contributed by atoms with Gasteiger partial charge in [-0.1, -0.05) is 24.6 Å². The second-order valence-electron chi connectivity index (χ2n) is 8.98. The summed E-state index contributed by atoms with van der Waals surface area (Å²) in [6.45, 7) is 4.10. The van der Waals surface area contributed by atoms with Gasteiger partial charge in [-0.2, -0.15) is 0 Å². The van der Waals surface area contributed by atoms with Crippen LogP contribution in [0, 0.1) is 5.41 Å². The van der Waals surface area contributed by atoms with E-state index in [-0.39, 0.29) is 22.8 Å². The minimum absolute atomic E-state index is 0.105. The number of hydrogen-bond donors (Lipinski definition) is 1. The maximum atomic E-state index is 12.9. The molecule has 2 N–H and O–H groups in total. The van der Waals surface area contributed by atoms with Crippen molar-refractivity contribution < 1.29 is 9.53 Å². The molecule has 0 radical (unpaired) electrons. The number of hydrogen-bond acceptors (Lipinski definition) is 6. The number of ether oxygens (including phenoxy) is 1. The molecule has 0 aliphatic carbocycles. The third-order valence-corrected chi connectivity index (χ3v) is 6.75. The summed E-state index contributed by atoms with van der Waals surface area (Å²) in [5.74, 6) is 1.13. The minimum Gasteiger partial charge on any atom is -0.492 e. The third-order valence-electron chi connectivity index (χ3n) is 6.75. The van der Waals surface area contributed by atoms with Gasteiger partial charge in [0.05, 0.1) is 0 Å². The van der Waals surface area contributed by atoms with Crippen LogP contribution in [0.2, 0.25) is 0 Å². The van der Waals surface area contributed by atoms with E-state index in [0.29, 0.717) is 6.61 Å². The molecule has 1 aromatic heterocycles. The quantitative estimate of drug-likeness (QED) is 0.759. The van der Waals surface area contributed by atoms with Crippen LogP contribution in [0.4, 0.5) is 5.82 Å². The number of benzene rings is 1. The molecule has 0 saturated carbocycles. The highest BCUT2D eigenvalue weighted by Crippen LogP contribution is 2.38. The summed E-state index contributed by atoms with van der Waals surface area (Å²) in [5, 5.41) is 0. The van der Waals surface area contributed by atoms with E-state index in [4.69, 9.17) is 10.5 Å². The standard InChI is InChI=1S/C24H33N5O2/c1-28-16-17-31-20-8-3-2-6-19(20)7-4-5-9-24(18-28)10-14-29(15-11-24)23(30)21-22(25)27-13-12-26-21/h2-3,6,8,12-13H,4-5,7,9-11,14-18H2,1H3,(H2,25,27). The number of nitrogens with zero attached hydrogens (tertiary/aromatic N) is 4. The predicted molar refractivity (Wildman–Crippen MR) is 121 cm³/mol. The van der Waals surface area contributed by atoms with Crippen LogP contribution in [-0.2, 0) is 6.42 Å². The first-order valence-corrected chi connectivity index (χ1v) is 11.3. The molecule has 2 aliphatic rings. The van der Waals surface area contributed by atoms with Crippen molar-refractivity contribution in [1.82, 2.24) is 19.8 Å². The Morgan fingerprint density at radius 2 is 1.84 bits per heavy atom. The summed E-state index contributed by atoms with van der Waals surface area (Å²) < 4.78 is 6.10. The molecule has 1 aromatic carbocycles. The average Bonchev–Trinajstić information content (AvgIpc) is 2.77. The zero-order valence-electron chi connectivity index (χ0n) is 18.4. The Kier molecular flexibility index (Phi) is 6.70. The molecule has 1 spiro atoms. The molecule has 0 unspecified atom stereocenters. The number of carbonyl (C=O) groups excluding carboxylic acids is 1. The number of aryl methyl sites for hydroxylation is 1. The van der Waals surface area contributed by atoms with Gasteiger partial charge in [-0.25, -0.2) is 9.97 Å². The number of piperidine rings is 1. The van der Waals surface area contributed by atoms with Crippen molar-refractivity contribution in [3.8, 4) is 5.75 Å². The summed E-state index contributed by atoms with van der Waals surface area (Å²) in [4.78, 5) is 25.3. The molecule has 7 nitrogen and oxygen atoms in total. The van der Waals surface area contributed by atoms with Gasteiger partial charge in [-0.05, 0) is 56.2 Å². The molecule has 3 heterocycles. The van der Waals surface area contributed by atoms with E-state index in [2.05, 4.69) is 40.1 Å². The van der Waals surface area contributed by atoms with Gasteiger partial charge in [0.15, 0.2) is 11.5 Å². The van der Waals surface area contributed by atoms with E-state index in [1.165, 1.54) is 30.8 Å². The van der Waals surface area contributed by atoms with Crippen LogP contribution in [0.15, 0.2) is 36.7 Å². The maximum Gasteiger partial charge on any atom is 0.276 e. The molecule has 2 aromatic rings. The molecule has 1 amide bonds. The number of amides is 1. The van der Waals surface area contributed by atoms with Crippen molar-refractivity contribution in [2.24, 2.45) is 5.41 Å². The van der Waals surface area contributed by atoms with E-state index < -0.39 is 0 Å². The number of nitrogens with two attached hydrogens (primary N) is 1. The van der Waals surface area contributed by atoms with E-state index in [1.807, 2.05) is 11.0 Å². The molecule has 31 heavy (non-hydrogen) atoms. The number of aromatic nitrogens is 2. The first-order chi connectivity index (χ1) is 15.1. The number of likely N-dealkylation sites (N-methyl/N-ethyl adjacent to an activating group) is 1. The predicted octanol–water partition coefficient (Wildman–Crippen LogP) is 3.02. The fourth-order valence-corrected chi connectivity index (χ4v) is 4.96. The highest BCUT2D eigenvalue weighted by molar-refractivity contribution is 5.96. The Hall–Kier alpha value is -2.67. The van der Waals surface area contributed by atoms with Gasteiger partial charge >= 0.3 is 0 Å².